The van der Waals surface area contributed by atoms with Crippen molar-refractivity contribution in [3.63, 3.8) is 0 Å². The van der Waals surface area contributed by atoms with Gasteiger partial charge in [0, 0.05) is 24.2 Å². The second-order valence-electron chi connectivity index (χ2n) is 3.88. The van der Waals surface area contributed by atoms with E-state index in [1.165, 1.54) is 0 Å². The second kappa shape index (κ2) is 5.37. The molecule has 3 N–H and O–H groups in total. The predicted octanol–water partition coefficient (Wildman–Crippen LogP) is 3.16. The molecule has 17 heavy (non-hydrogen) atoms. The summed E-state index contributed by atoms with van der Waals surface area (Å²) in [6, 6.07) is 15.8. The predicted molar refractivity (Wildman–Crippen MR) is 71.3 cm³/mol. The summed E-state index contributed by atoms with van der Waals surface area (Å²) in [7, 11) is 1.69. The van der Waals surface area contributed by atoms with Crippen molar-refractivity contribution in [3.05, 3.63) is 54.1 Å². The van der Waals surface area contributed by atoms with E-state index in [0.717, 1.165) is 22.6 Å². The first-order chi connectivity index (χ1) is 8.28. The third-order valence-electron chi connectivity index (χ3n) is 2.46. The van der Waals surface area contributed by atoms with E-state index in [0.29, 0.717) is 6.61 Å². The number of nitrogens with one attached hydrogen (secondary N) is 1. The molecule has 0 unspecified atom stereocenters. The van der Waals surface area contributed by atoms with Gasteiger partial charge < -0.3 is 15.8 Å². The van der Waals surface area contributed by atoms with E-state index in [2.05, 4.69) is 5.32 Å². The van der Waals surface area contributed by atoms with E-state index < -0.39 is 0 Å². The van der Waals surface area contributed by atoms with Crippen molar-refractivity contribution in [2.24, 2.45) is 0 Å². The Hall–Kier alpha value is -2.00. The third kappa shape index (κ3) is 3.23. The van der Waals surface area contributed by atoms with Gasteiger partial charge in [0.05, 0.1) is 6.61 Å². The maximum atomic E-state index is 5.63. The van der Waals surface area contributed by atoms with Gasteiger partial charge in [0.15, 0.2) is 0 Å². The van der Waals surface area contributed by atoms with E-state index in [1.807, 2.05) is 48.5 Å². The Morgan fingerprint density at radius 3 is 2.00 bits per heavy atom. The maximum Gasteiger partial charge on any atom is 0.0713 e. The number of benzene rings is 2. The van der Waals surface area contributed by atoms with Crippen LogP contribution in [0, 0.1) is 0 Å². The highest BCUT2D eigenvalue weighted by molar-refractivity contribution is 5.61. The van der Waals surface area contributed by atoms with Gasteiger partial charge in [-0.2, -0.15) is 0 Å². The minimum absolute atomic E-state index is 0.641. The highest BCUT2D eigenvalue weighted by Gasteiger charge is 1.95. The molecule has 2 rings (SSSR count). The molecule has 0 saturated heterocycles. The summed E-state index contributed by atoms with van der Waals surface area (Å²) in [5, 5.41) is 3.30. The van der Waals surface area contributed by atoms with Crippen molar-refractivity contribution < 1.29 is 4.74 Å². The monoisotopic (exact) mass is 228 g/mol. The van der Waals surface area contributed by atoms with Crippen LogP contribution in [0.25, 0.3) is 0 Å². The Bertz CT molecular complexity index is 463. The molecule has 3 nitrogen and oxygen atoms in total. The molecule has 0 bridgehead atoms. The molecule has 0 atom stereocenters. The zero-order valence-corrected chi connectivity index (χ0v) is 9.81. The largest absolute Gasteiger partial charge is 0.399 e. The topological polar surface area (TPSA) is 47.3 Å². The lowest BCUT2D eigenvalue weighted by atomic mass is 10.2. The average Bonchev–Trinajstić information content (AvgIpc) is 2.35. The number of anilines is 3. The Labute approximate surface area is 101 Å². The third-order valence-corrected chi connectivity index (χ3v) is 2.46. The minimum Gasteiger partial charge on any atom is -0.399 e. The number of nitrogen functional groups attached to an aromatic ring is 1. The summed E-state index contributed by atoms with van der Waals surface area (Å²) in [4.78, 5) is 0. The van der Waals surface area contributed by atoms with Crippen molar-refractivity contribution in [3.8, 4) is 0 Å². The molecule has 0 aromatic heterocycles. The highest BCUT2D eigenvalue weighted by atomic mass is 16.5. The van der Waals surface area contributed by atoms with Crippen LogP contribution in [0.5, 0.6) is 0 Å². The van der Waals surface area contributed by atoms with Gasteiger partial charge in [-0.15, -0.1) is 0 Å². The SMILES string of the molecule is COCc1ccc(Nc2ccc(N)cc2)cc1. The van der Waals surface area contributed by atoms with Crippen LogP contribution in [0.3, 0.4) is 0 Å². The van der Waals surface area contributed by atoms with Gasteiger partial charge in [-0.3, -0.25) is 0 Å². The standard InChI is InChI=1S/C14H16N2O/c1-17-10-11-2-6-13(7-3-11)16-14-8-4-12(15)5-9-14/h2-9,16H,10,15H2,1H3. The second-order valence-corrected chi connectivity index (χ2v) is 3.88. The first-order valence-corrected chi connectivity index (χ1v) is 5.48. The fourth-order valence-corrected chi connectivity index (χ4v) is 1.58. The Morgan fingerprint density at radius 2 is 1.47 bits per heavy atom. The molecule has 0 radical (unpaired) electrons. The van der Waals surface area contributed by atoms with Crippen LogP contribution < -0.4 is 11.1 Å². The number of ether oxygens (including phenoxy) is 1. The van der Waals surface area contributed by atoms with Crippen molar-refractivity contribution in [1.82, 2.24) is 0 Å². The summed E-state index contributed by atoms with van der Waals surface area (Å²) in [6.45, 7) is 0.641. The van der Waals surface area contributed by atoms with Gasteiger partial charge in [-0.1, -0.05) is 12.1 Å². The Balaban J connectivity index is 2.05. The van der Waals surface area contributed by atoms with Crippen molar-refractivity contribution >= 4 is 17.1 Å². The molecule has 0 saturated carbocycles. The minimum atomic E-state index is 0.641. The van der Waals surface area contributed by atoms with Crippen molar-refractivity contribution in [2.45, 2.75) is 6.61 Å². The Kier molecular flexibility index (Phi) is 3.62. The lowest BCUT2D eigenvalue weighted by Crippen LogP contribution is -1.92. The number of hydrogen-bond acceptors (Lipinski definition) is 3. The molecule has 0 amide bonds. The fraction of sp³-hybridized carbons (Fsp3) is 0.143. The van der Waals surface area contributed by atoms with Gasteiger partial charge >= 0.3 is 0 Å². The summed E-state index contributed by atoms with van der Waals surface area (Å²) in [5.74, 6) is 0. The molecule has 3 heteroatoms. The lowest BCUT2D eigenvalue weighted by molar-refractivity contribution is 0.185. The van der Waals surface area contributed by atoms with Gasteiger partial charge in [0.25, 0.3) is 0 Å². The molecule has 0 spiro atoms. The molecule has 0 aliphatic heterocycles. The summed E-state index contributed by atoms with van der Waals surface area (Å²) >= 11 is 0. The molecule has 0 fully saturated rings. The first kappa shape index (κ1) is 11.5. The van der Waals surface area contributed by atoms with Crippen LogP contribution in [0.1, 0.15) is 5.56 Å². The quantitative estimate of drug-likeness (QED) is 0.790. The molecular formula is C14H16N2O. The van der Waals surface area contributed by atoms with E-state index >= 15 is 0 Å². The highest BCUT2D eigenvalue weighted by Crippen LogP contribution is 2.18. The number of hydrogen-bond donors (Lipinski definition) is 2. The van der Waals surface area contributed by atoms with E-state index in [4.69, 9.17) is 10.5 Å². The van der Waals surface area contributed by atoms with Crippen molar-refractivity contribution in [2.75, 3.05) is 18.2 Å². The average molecular weight is 228 g/mol. The zero-order chi connectivity index (χ0) is 12.1. The summed E-state index contributed by atoms with van der Waals surface area (Å²) in [5.41, 5.74) is 9.64. The lowest BCUT2D eigenvalue weighted by Gasteiger charge is -2.07. The van der Waals surface area contributed by atoms with Gasteiger partial charge in [-0.25, -0.2) is 0 Å². The van der Waals surface area contributed by atoms with E-state index in [9.17, 15) is 0 Å². The van der Waals surface area contributed by atoms with Crippen LogP contribution >= 0.6 is 0 Å². The molecule has 2 aromatic rings. The Morgan fingerprint density at radius 1 is 0.941 bits per heavy atom. The summed E-state index contributed by atoms with van der Waals surface area (Å²) < 4.78 is 5.06. The van der Waals surface area contributed by atoms with Gasteiger partial charge in [0.1, 0.15) is 0 Å². The van der Waals surface area contributed by atoms with E-state index in [1.54, 1.807) is 7.11 Å². The maximum absolute atomic E-state index is 5.63. The normalized spacial score (nSPS) is 10.2. The molecule has 88 valence electrons. The number of nitrogens with two attached hydrogens (primary N) is 1. The van der Waals surface area contributed by atoms with Crippen LogP contribution in [-0.4, -0.2) is 7.11 Å². The number of rotatable bonds is 4. The summed E-state index contributed by atoms with van der Waals surface area (Å²) in [6.07, 6.45) is 0. The first-order valence-electron chi connectivity index (χ1n) is 5.48. The van der Waals surface area contributed by atoms with Crippen LogP contribution in [-0.2, 0) is 11.3 Å². The molecular weight excluding hydrogens is 212 g/mol. The molecule has 0 aliphatic rings. The van der Waals surface area contributed by atoms with Crippen LogP contribution in [0.4, 0.5) is 17.1 Å². The van der Waals surface area contributed by atoms with E-state index in [-0.39, 0.29) is 0 Å². The molecule has 0 heterocycles. The van der Waals surface area contributed by atoms with Gasteiger partial charge in [-0.05, 0) is 42.0 Å². The van der Waals surface area contributed by atoms with Gasteiger partial charge in [0.2, 0.25) is 0 Å². The number of methoxy groups -OCH3 is 1. The molecule has 2 aromatic carbocycles. The van der Waals surface area contributed by atoms with Crippen molar-refractivity contribution in [1.29, 1.82) is 0 Å². The smallest absolute Gasteiger partial charge is 0.0713 e. The molecule has 0 aliphatic carbocycles. The van der Waals surface area contributed by atoms with Crippen LogP contribution in [0.15, 0.2) is 48.5 Å². The zero-order valence-electron chi connectivity index (χ0n) is 9.81. The fourth-order valence-electron chi connectivity index (χ4n) is 1.58. The van der Waals surface area contributed by atoms with Crippen LogP contribution in [0.2, 0.25) is 0 Å².